The maximum absolute atomic E-state index is 11.9. The van der Waals surface area contributed by atoms with Crippen molar-refractivity contribution in [1.29, 1.82) is 0 Å². The Labute approximate surface area is 94.4 Å². The van der Waals surface area contributed by atoms with E-state index in [1.54, 1.807) is 18.2 Å². The molecule has 0 aliphatic carbocycles. The Morgan fingerprint density at radius 1 is 1.53 bits per heavy atom. The number of hydrogen-bond donors (Lipinski definition) is 1. The fourth-order valence-corrected chi connectivity index (χ4v) is 3.65. The van der Waals surface area contributed by atoms with E-state index in [1.165, 1.54) is 0 Å². The summed E-state index contributed by atoms with van der Waals surface area (Å²) in [5, 5.41) is 3.73. The molecule has 0 amide bonds. The highest BCUT2D eigenvalue weighted by Crippen LogP contribution is 2.31. The number of fused-ring (bicyclic) bond motifs is 1. The molecule has 2 rings (SSSR count). The third-order valence-electron chi connectivity index (χ3n) is 2.55. The van der Waals surface area contributed by atoms with Crippen LogP contribution in [0.3, 0.4) is 0 Å². The van der Waals surface area contributed by atoms with E-state index in [2.05, 4.69) is 5.32 Å². The third kappa shape index (κ3) is 1.96. The Balaban J connectivity index is 2.55. The van der Waals surface area contributed by atoms with E-state index in [4.69, 9.17) is 11.6 Å². The van der Waals surface area contributed by atoms with Crippen LogP contribution in [0.4, 0.5) is 5.69 Å². The Bertz CT molecular complexity index is 484. The van der Waals surface area contributed by atoms with Gasteiger partial charge >= 0.3 is 0 Å². The summed E-state index contributed by atoms with van der Waals surface area (Å²) in [6.45, 7) is 1.96. The number of sulfone groups is 1. The van der Waals surface area contributed by atoms with Crippen LogP contribution in [-0.2, 0) is 9.84 Å². The van der Waals surface area contributed by atoms with Gasteiger partial charge in [-0.15, -0.1) is 0 Å². The molecule has 15 heavy (non-hydrogen) atoms. The molecule has 5 heteroatoms. The molecule has 1 N–H and O–H groups in total. The van der Waals surface area contributed by atoms with Gasteiger partial charge in [0.15, 0.2) is 9.84 Å². The number of rotatable bonds is 1. The molecule has 0 fully saturated rings. The topological polar surface area (TPSA) is 46.2 Å². The highest BCUT2D eigenvalue weighted by Gasteiger charge is 2.28. The number of benzene rings is 1. The van der Waals surface area contributed by atoms with Crippen molar-refractivity contribution in [2.75, 3.05) is 11.1 Å². The first-order chi connectivity index (χ1) is 7.03. The summed E-state index contributed by atoms with van der Waals surface area (Å²) in [6.07, 6.45) is 0.783. The zero-order valence-electron chi connectivity index (χ0n) is 8.33. The highest BCUT2D eigenvalue weighted by molar-refractivity contribution is 7.91. The van der Waals surface area contributed by atoms with E-state index in [-0.39, 0.29) is 11.8 Å². The molecule has 1 aromatic rings. The maximum atomic E-state index is 11.9. The molecule has 1 heterocycles. The molecule has 3 nitrogen and oxygen atoms in total. The lowest BCUT2D eigenvalue weighted by Gasteiger charge is -2.26. The predicted octanol–water partition coefficient (Wildman–Crippen LogP) is 2.32. The Morgan fingerprint density at radius 2 is 2.27 bits per heavy atom. The van der Waals surface area contributed by atoms with Gasteiger partial charge in [0.25, 0.3) is 0 Å². The Hall–Kier alpha value is -0.740. The average Bonchev–Trinajstić information content (AvgIpc) is 2.15. The normalized spacial score (nSPS) is 22.9. The first kappa shape index (κ1) is 10.8. The van der Waals surface area contributed by atoms with E-state index in [1.807, 2.05) is 6.92 Å². The van der Waals surface area contributed by atoms with Gasteiger partial charge in [-0.25, -0.2) is 8.42 Å². The molecular weight excluding hydrogens is 234 g/mol. The van der Waals surface area contributed by atoms with Gasteiger partial charge in [0.2, 0.25) is 0 Å². The first-order valence-electron chi connectivity index (χ1n) is 4.82. The van der Waals surface area contributed by atoms with Crippen LogP contribution in [0.25, 0.3) is 0 Å². The van der Waals surface area contributed by atoms with Gasteiger partial charge < -0.3 is 5.32 Å². The molecule has 1 aliphatic heterocycles. The molecule has 0 spiro atoms. The van der Waals surface area contributed by atoms with Crippen LogP contribution in [0.5, 0.6) is 0 Å². The van der Waals surface area contributed by atoms with Crippen LogP contribution in [0.15, 0.2) is 23.1 Å². The molecule has 1 unspecified atom stereocenters. The molecule has 0 bridgehead atoms. The van der Waals surface area contributed by atoms with Crippen molar-refractivity contribution < 1.29 is 8.42 Å². The fraction of sp³-hybridized carbons (Fsp3) is 0.400. The van der Waals surface area contributed by atoms with Crippen LogP contribution >= 0.6 is 11.6 Å². The van der Waals surface area contributed by atoms with Crippen LogP contribution < -0.4 is 5.32 Å². The van der Waals surface area contributed by atoms with Crippen LogP contribution in [0.2, 0.25) is 5.02 Å². The minimum atomic E-state index is -3.14. The molecule has 1 atom stereocenters. The van der Waals surface area contributed by atoms with Crippen molar-refractivity contribution in [3.8, 4) is 0 Å². The summed E-state index contributed by atoms with van der Waals surface area (Å²) in [4.78, 5) is 0.358. The maximum Gasteiger partial charge on any atom is 0.182 e. The number of hydrogen-bond acceptors (Lipinski definition) is 3. The summed E-state index contributed by atoms with van der Waals surface area (Å²) in [6, 6.07) is 4.81. The van der Waals surface area contributed by atoms with Gasteiger partial charge in [0.05, 0.1) is 16.3 Å². The average molecular weight is 246 g/mol. The zero-order valence-corrected chi connectivity index (χ0v) is 9.90. The van der Waals surface area contributed by atoms with Crippen molar-refractivity contribution in [3.05, 3.63) is 23.2 Å². The van der Waals surface area contributed by atoms with Gasteiger partial charge in [0.1, 0.15) is 0 Å². The lowest BCUT2D eigenvalue weighted by atomic mass is 10.2. The van der Waals surface area contributed by atoms with Crippen LogP contribution in [-0.4, -0.2) is 20.2 Å². The number of anilines is 1. The van der Waals surface area contributed by atoms with Gasteiger partial charge in [-0.2, -0.15) is 0 Å². The van der Waals surface area contributed by atoms with E-state index >= 15 is 0 Å². The van der Waals surface area contributed by atoms with Gasteiger partial charge in [0, 0.05) is 11.1 Å². The minimum absolute atomic E-state index is 0.0130. The monoisotopic (exact) mass is 245 g/mol. The largest absolute Gasteiger partial charge is 0.380 e. The van der Waals surface area contributed by atoms with Gasteiger partial charge in [-0.1, -0.05) is 18.5 Å². The summed E-state index contributed by atoms with van der Waals surface area (Å²) in [7, 11) is -3.14. The zero-order chi connectivity index (χ0) is 11.1. The SMILES string of the molecule is CCC1CS(=O)(=O)c2ccc(Cl)cc2N1. The molecule has 82 valence electrons. The molecule has 0 radical (unpaired) electrons. The van der Waals surface area contributed by atoms with E-state index < -0.39 is 9.84 Å². The smallest absolute Gasteiger partial charge is 0.182 e. The molecule has 0 aromatic heterocycles. The standard InChI is InChI=1S/C10H12ClNO2S/c1-2-8-6-15(13,14)10-4-3-7(11)5-9(10)12-8/h3-5,8,12H,2,6H2,1H3. The first-order valence-corrected chi connectivity index (χ1v) is 6.85. The van der Waals surface area contributed by atoms with Crippen molar-refractivity contribution in [2.45, 2.75) is 24.3 Å². The van der Waals surface area contributed by atoms with Crippen molar-refractivity contribution in [2.24, 2.45) is 0 Å². The van der Waals surface area contributed by atoms with E-state index in [0.717, 1.165) is 6.42 Å². The minimum Gasteiger partial charge on any atom is -0.380 e. The number of nitrogens with one attached hydrogen (secondary N) is 1. The van der Waals surface area contributed by atoms with E-state index in [9.17, 15) is 8.42 Å². The lowest BCUT2D eigenvalue weighted by Crippen LogP contribution is -2.33. The van der Waals surface area contributed by atoms with Crippen LogP contribution in [0, 0.1) is 0 Å². The Morgan fingerprint density at radius 3 is 2.93 bits per heavy atom. The van der Waals surface area contributed by atoms with Gasteiger partial charge in [-0.3, -0.25) is 0 Å². The summed E-state index contributed by atoms with van der Waals surface area (Å²) >= 11 is 5.83. The van der Waals surface area contributed by atoms with E-state index in [0.29, 0.717) is 15.6 Å². The second-order valence-corrected chi connectivity index (χ2v) is 6.11. The summed E-state index contributed by atoms with van der Waals surface area (Å²) < 4.78 is 23.7. The van der Waals surface area contributed by atoms with Crippen molar-refractivity contribution in [3.63, 3.8) is 0 Å². The fourth-order valence-electron chi connectivity index (χ4n) is 1.72. The Kier molecular flexibility index (Phi) is 2.64. The molecule has 1 aliphatic rings. The van der Waals surface area contributed by atoms with Gasteiger partial charge in [-0.05, 0) is 24.6 Å². The second-order valence-electron chi connectivity index (χ2n) is 3.67. The quantitative estimate of drug-likeness (QED) is 0.826. The molecule has 0 saturated heterocycles. The number of halogens is 1. The van der Waals surface area contributed by atoms with Crippen molar-refractivity contribution >= 4 is 27.1 Å². The van der Waals surface area contributed by atoms with Crippen LogP contribution in [0.1, 0.15) is 13.3 Å². The third-order valence-corrected chi connectivity index (χ3v) is 4.65. The second kappa shape index (κ2) is 3.68. The van der Waals surface area contributed by atoms with Crippen molar-refractivity contribution in [1.82, 2.24) is 0 Å². The lowest BCUT2D eigenvalue weighted by molar-refractivity contribution is 0.583. The summed E-state index contributed by atoms with van der Waals surface area (Å²) in [5.41, 5.74) is 0.626. The predicted molar refractivity (Wildman–Crippen MR) is 61.2 cm³/mol. The summed E-state index contributed by atoms with van der Waals surface area (Å²) in [5.74, 6) is 0.165. The molecular formula is C10H12ClNO2S. The highest BCUT2D eigenvalue weighted by atomic mass is 35.5. The molecule has 1 aromatic carbocycles. The molecule has 0 saturated carbocycles.